The van der Waals surface area contributed by atoms with Crippen LogP contribution in [0.2, 0.25) is 16.6 Å². The van der Waals surface area contributed by atoms with Crippen molar-refractivity contribution in [2.24, 2.45) is 0 Å². The van der Waals surface area contributed by atoms with Gasteiger partial charge in [-0.05, 0) is 34.8 Å². The third kappa shape index (κ3) is 2.27. The molecule has 1 aromatic carbocycles. The molecule has 1 aromatic heterocycles. The number of hydrogen-bond acceptors (Lipinski definition) is 1. The van der Waals surface area contributed by atoms with Gasteiger partial charge in [0.05, 0.1) is 11.7 Å². The zero-order chi connectivity index (χ0) is 15.1. The molecule has 0 aliphatic rings. The summed E-state index contributed by atoms with van der Waals surface area (Å²) in [4.78, 5) is 0. The molecule has 0 saturated heterocycles. The van der Waals surface area contributed by atoms with Gasteiger partial charge in [-0.3, -0.25) is 4.35 Å². The highest BCUT2D eigenvalue weighted by atomic mass is 79.9. The van der Waals surface area contributed by atoms with Crippen LogP contribution in [-0.4, -0.2) is 17.7 Å². The van der Waals surface area contributed by atoms with Crippen molar-refractivity contribution in [3.63, 3.8) is 0 Å². The number of benzene rings is 1. The summed E-state index contributed by atoms with van der Waals surface area (Å²) in [5.74, 6) is 0. The maximum absolute atomic E-state index is 4.83. The number of rotatable bonds is 4. The molecule has 0 radical (unpaired) electrons. The van der Waals surface area contributed by atoms with E-state index in [9.17, 15) is 0 Å². The predicted molar refractivity (Wildman–Crippen MR) is 93.9 cm³/mol. The highest BCUT2D eigenvalue weighted by Gasteiger charge is 2.46. The second-order valence-corrected chi connectivity index (χ2v) is 13.2. The van der Waals surface area contributed by atoms with Crippen molar-refractivity contribution in [2.75, 3.05) is 0 Å². The van der Waals surface area contributed by atoms with E-state index in [1.807, 2.05) is 6.20 Å². The third-order valence-electron chi connectivity index (χ3n) is 4.67. The fourth-order valence-corrected chi connectivity index (χ4v) is 10.8. The van der Waals surface area contributed by atoms with E-state index in [4.69, 9.17) is 5.10 Å². The van der Waals surface area contributed by atoms with Gasteiger partial charge in [0.2, 0.25) is 0 Å². The Balaban J connectivity index is 2.75. The average Bonchev–Trinajstić information content (AvgIpc) is 2.72. The first kappa shape index (κ1) is 15.8. The average molecular weight is 353 g/mol. The highest BCUT2D eigenvalue weighted by Crippen LogP contribution is 2.43. The van der Waals surface area contributed by atoms with Gasteiger partial charge in [0.25, 0.3) is 0 Å². The van der Waals surface area contributed by atoms with E-state index in [2.05, 4.69) is 80.0 Å². The topological polar surface area (TPSA) is 17.8 Å². The molecule has 2 rings (SSSR count). The Hall–Kier alpha value is -0.613. The van der Waals surface area contributed by atoms with Crippen molar-refractivity contribution in [1.82, 2.24) is 9.45 Å². The summed E-state index contributed by atoms with van der Waals surface area (Å²) in [6, 6.07) is 6.50. The molecule has 0 unspecified atom stereocenters. The number of nitrogens with zero attached hydrogens (tertiary/aromatic N) is 2. The molecule has 0 spiro atoms. The molecule has 0 aliphatic heterocycles. The van der Waals surface area contributed by atoms with E-state index in [1.165, 1.54) is 10.9 Å². The minimum Gasteiger partial charge on any atom is -0.293 e. The molecule has 0 atom stereocenters. The molecule has 110 valence electrons. The summed E-state index contributed by atoms with van der Waals surface area (Å²) in [6.45, 7) is 14.2. The molecule has 0 bridgehead atoms. The van der Waals surface area contributed by atoms with E-state index >= 15 is 0 Å². The second-order valence-electron chi connectivity index (χ2n) is 6.61. The van der Waals surface area contributed by atoms with Crippen LogP contribution in [0, 0.1) is 0 Å². The lowest BCUT2D eigenvalue weighted by Gasteiger charge is -2.43. The van der Waals surface area contributed by atoms with Crippen LogP contribution in [0.4, 0.5) is 0 Å². The standard InChI is InChI=1S/C16H25BrN2Si/c1-11(2)20(12(3)4,13(5)6)19-16-8-7-15(17)9-14(16)10-18-19/h7-13H,1-6H3. The van der Waals surface area contributed by atoms with Crippen LogP contribution in [0.15, 0.2) is 28.9 Å². The number of hydrogen-bond donors (Lipinski definition) is 0. The van der Waals surface area contributed by atoms with E-state index in [1.54, 1.807) is 0 Å². The quantitative estimate of drug-likeness (QED) is 0.633. The number of fused-ring (bicyclic) bond motifs is 1. The summed E-state index contributed by atoms with van der Waals surface area (Å²) >= 11 is 3.55. The molecule has 0 amide bonds. The van der Waals surface area contributed by atoms with Gasteiger partial charge in [0.15, 0.2) is 8.24 Å². The fraction of sp³-hybridized carbons (Fsp3) is 0.562. The maximum atomic E-state index is 4.83. The summed E-state index contributed by atoms with van der Waals surface area (Å²) < 4.78 is 3.53. The first-order valence-electron chi connectivity index (χ1n) is 7.45. The molecule has 20 heavy (non-hydrogen) atoms. The fourth-order valence-electron chi connectivity index (χ4n) is 4.05. The van der Waals surface area contributed by atoms with Crippen LogP contribution in [0.3, 0.4) is 0 Å². The molecular formula is C16H25BrN2Si. The van der Waals surface area contributed by atoms with Crippen molar-refractivity contribution in [3.05, 3.63) is 28.9 Å². The highest BCUT2D eigenvalue weighted by molar-refractivity contribution is 9.10. The molecule has 0 N–H and O–H groups in total. The molecule has 2 aromatic rings. The van der Waals surface area contributed by atoms with Gasteiger partial charge >= 0.3 is 0 Å². The molecule has 4 heteroatoms. The van der Waals surface area contributed by atoms with Crippen LogP contribution in [0.25, 0.3) is 10.9 Å². The van der Waals surface area contributed by atoms with Gasteiger partial charge in [0, 0.05) is 9.86 Å². The zero-order valence-electron chi connectivity index (χ0n) is 13.3. The Bertz CT molecular complexity index is 580. The maximum Gasteiger partial charge on any atom is 0.193 e. The predicted octanol–water partition coefficient (Wildman–Crippen LogP) is 5.82. The summed E-state index contributed by atoms with van der Waals surface area (Å²) in [5, 5.41) is 6.06. The van der Waals surface area contributed by atoms with Gasteiger partial charge in [-0.15, -0.1) is 0 Å². The van der Waals surface area contributed by atoms with Crippen molar-refractivity contribution in [1.29, 1.82) is 0 Å². The lowest BCUT2D eigenvalue weighted by Crippen LogP contribution is -2.52. The molecule has 1 heterocycles. The van der Waals surface area contributed by atoms with Crippen LogP contribution in [-0.2, 0) is 0 Å². The summed E-state index contributed by atoms with van der Waals surface area (Å²) in [5.41, 5.74) is 3.27. The summed E-state index contributed by atoms with van der Waals surface area (Å²) in [6.07, 6.45) is 2.02. The first-order valence-corrected chi connectivity index (χ1v) is 10.4. The molecule has 0 fully saturated rings. The van der Waals surface area contributed by atoms with Crippen molar-refractivity contribution in [3.8, 4) is 0 Å². The van der Waals surface area contributed by atoms with Gasteiger partial charge in [-0.2, -0.15) is 5.10 Å². The van der Waals surface area contributed by atoms with Crippen molar-refractivity contribution < 1.29 is 0 Å². The SMILES string of the molecule is CC(C)[Si](C(C)C)(C(C)C)n1ncc2cc(Br)ccc21. The Morgan fingerprint density at radius 2 is 1.55 bits per heavy atom. The van der Waals surface area contributed by atoms with Crippen molar-refractivity contribution >= 4 is 35.1 Å². The lowest BCUT2D eigenvalue weighted by atomic mass is 10.3. The van der Waals surface area contributed by atoms with Crippen LogP contribution >= 0.6 is 15.9 Å². The monoisotopic (exact) mass is 352 g/mol. The minimum atomic E-state index is -1.74. The van der Waals surface area contributed by atoms with Crippen LogP contribution in [0.1, 0.15) is 41.5 Å². The minimum absolute atomic E-state index is 0.661. The zero-order valence-corrected chi connectivity index (χ0v) is 15.9. The van der Waals surface area contributed by atoms with Gasteiger partial charge in [0.1, 0.15) is 0 Å². The van der Waals surface area contributed by atoms with Crippen LogP contribution < -0.4 is 0 Å². The van der Waals surface area contributed by atoms with E-state index in [-0.39, 0.29) is 0 Å². The van der Waals surface area contributed by atoms with Gasteiger partial charge < -0.3 is 0 Å². The van der Waals surface area contributed by atoms with E-state index < -0.39 is 8.24 Å². The number of aromatic nitrogens is 2. The molecule has 0 saturated carbocycles. The smallest absolute Gasteiger partial charge is 0.193 e. The Kier molecular flexibility index (Phi) is 4.45. The number of halogens is 1. The van der Waals surface area contributed by atoms with Gasteiger partial charge in [-0.25, -0.2) is 0 Å². The first-order chi connectivity index (χ1) is 9.31. The molecule has 2 nitrogen and oxygen atoms in total. The molecule has 0 aliphatic carbocycles. The largest absolute Gasteiger partial charge is 0.293 e. The molecular weight excluding hydrogens is 328 g/mol. The second kappa shape index (κ2) is 5.64. The third-order valence-corrected chi connectivity index (χ3v) is 11.8. The van der Waals surface area contributed by atoms with Crippen molar-refractivity contribution in [2.45, 2.75) is 58.2 Å². The summed E-state index contributed by atoms with van der Waals surface area (Å²) in [7, 11) is -1.74. The Morgan fingerprint density at radius 3 is 2.05 bits per heavy atom. The Labute approximate surface area is 131 Å². The Morgan fingerprint density at radius 1 is 1.00 bits per heavy atom. The van der Waals surface area contributed by atoms with Gasteiger partial charge in [-0.1, -0.05) is 57.5 Å². The van der Waals surface area contributed by atoms with E-state index in [0.717, 1.165) is 4.47 Å². The van der Waals surface area contributed by atoms with E-state index in [0.29, 0.717) is 16.6 Å². The van der Waals surface area contributed by atoms with Crippen LogP contribution in [0.5, 0.6) is 0 Å². The lowest BCUT2D eigenvalue weighted by molar-refractivity contribution is 0.736. The normalized spacial score (nSPS) is 13.1.